The molecule has 3 nitrogen and oxygen atoms in total. The molecular formula is C13H13ClFNO2. The Kier molecular flexibility index (Phi) is 3.89. The predicted molar refractivity (Wildman–Crippen MR) is 67.1 cm³/mol. The van der Waals surface area contributed by atoms with Crippen molar-refractivity contribution in [3.63, 3.8) is 0 Å². The highest BCUT2D eigenvalue weighted by atomic mass is 35.5. The van der Waals surface area contributed by atoms with Gasteiger partial charge in [0, 0.05) is 12.1 Å². The maximum absolute atomic E-state index is 13.5. The van der Waals surface area contributed by atoms with Crippen molar-refractivity contribution in [2.24, 2.45) is 5.73 Å². The predicted octanol–water partition coefficient (Wildman–Crippen LogP) is 3.42. The Hall–Kier alpha value is -1.52. The van der Waals surface area contributed by atoms with E-state index < -0.39 is 5.82 Å². The molecule has 0 saturated carbocycles. The van der Waals surface area contributed by atoms with Crippen LogP contribution in [0.1, 0.15) is 17.1 Å². The number of furan rings is 1. The number of hydrogen-bond donors (Lipinski definition) is 1. The van der Waals surface area contributed by atoms with Gasteiger partial charge >= 0.3 is 0 Å². The second-order valence-electron chi connectivity index (χ2n) is 3.84. The molecule has 0 aliphatic heterocycles. The Balaban J connectivity index is 2.09. The second-order valence-corrected chi connectivity index (χ2v) is 4.25. The van der Waals surface area contributed by atoms with Gasteiger partial charge in [0.2, 0.25) is 0 Å². The van der Waals surface area contributed by atoms with E-state index in [9.17, 15) is 4.39 Å². The van der Waals surface area contributed by atoms with E-state index >= 15 is 0 Å². The maximum atomic E-state index is 13.5. The molecule has 0 amide bonds. The van der Waals surface area contributed by atoms with Crippen molar-refractivity contribution in [1.29, 1.82) is 0 Å². The van der Waals surface area contributed by atoms with Crippen LogP contribution in [0.3, 0.4) is 0 Å². The summed E-state index contributed by atoms with van der Waals surface area (Å²) in [7, 11) is 0. The molecule has 2 N–H and O–H groups in total. The van der Waals surface area contributed by atoms with E-state index in [1.165, 1.54) is 12.1 Å². The van der Waals surface area contributed by atoms with Crippen LogP contribution in [0.2, 0.25) is 5.02 Å². The number of rotatable bonds is 4. The lowest BCUT2D eigenvalue weighted by molar-refractivity contribution is 0.256. The second kappa shape index (κ2) is 5.42. The summed E-state index contributed by atoms with van der Waals surface area (Å²) in [5.41, 5.74) is 6.45. The van der Waals surface area contributed by atoms with Gasteiger partial charge in [-0.05, 0) is 25.1 Å². The van der Waals surface area contributed by atoms with Crippen LogP contribution >= 0.6 is 11.6 Å². The average Bonchev–Trinajstić information content (AvgIpc) is 2.72. The Labute approximate surface area is 109 Å². The lowest BCUT2D eigenvalue weighted by atomic mass is 10.2. The van der Waals surface area contributed by atoms with Crippen LogP contribution in [0.15, 0.2) is 28.7 Å². The summed E-state index contributed by atoms with van der Waals surface area (Å²) >= 11 is 5.65. The number of halogens is 2. The first kappa shape index (κ1) is 12.9. The number of benzene rings is 1. The quantitative estimate of drug-likeness (QED) is 0.925. The van der Waals surface area contributed by atoms with Crippen LogP contribution in [-0.2, 0) is 13.2 Å². The molecule has 0 spiro atoms. The summed E-state index contributed by atoms with van der Waals surface area (Å²) < 4.78 is 24.3. The van der Waals surface area contributed by atoms with Gasteiger partial charge in [-0.2, -0.15) is 0 Å². The van der Waals surface area contributed by atoms with Gasteiger partial charge in [-0.3, -0.25) is 0 Å². The number of nitrogens with two attached hydrogens (primary N) is 1. The van der Waals surface area contributed by atoms with Gasteiger partial charge in [0.05, 0.1) is 5.02 Å². The van der Waals surface area contributed by atoms with Crippen LogP contribution in [0.4, 0.5) is 4.39 Å². The first-order chi connectivity index (χ1) is 8.61. The van der Waals surface area contributed by atoms with Gasteiger partial charge in [-0.1, -0.05) is 17.7 Å². The van der Waals surface area contributed by atoms with Crippen molar-refractivity contribution < 1.29 is 13.5 Å². The van der Waals surface area contributed by atoms with Gasteiger partial charge in [0.15, 0.2) is 11.6 Å². The van der Waals surface area contributed by atoms with E-state index in [1.807, 2.05) is 6.92 Å². The van der Waals surface area contributed by atoms with E-state index in [0.29, 0.717) is 12.3 Å². The molecule has 18 heavy (non-hydrogen) atoms. The van der Waals surface area contributed by atoms with Gasteiger partial charge in [0.25, 0.3) is 0 Å². The summed E-state index contributed by atoms with van der Waals surface area (Å²) in [5, 5.41) is 0.0331. The number of aryl methyl sites for hydroxylation is 1. The third-order valence-electron chi connectivity index (χ3n) is 2.58. The Bertz CT molecular complexity index is 554. The normalized spacial score (nSPS) is 10.7. The lowest BCUT2D eigenvalue weighted by Crippen LogP contribution is -1.97. The third-order valence-corrected chi connectivity index (χ3v) is 2.87. The SMILES string of the molecule is Cc1oc(COc2cccc(Cl)c2F)cc1CN. The molecule has 0 atom stereocenters. The molecular weight excluding hydrogens is 257 g/mol. The molecule has 0 aliphatic carbocycles. The largest absolute Gasteiger partial charge is 0.483 e. The summed E-state index contributed by atoms with van der Waals surface area (Å²) in [5.74, 6) is 0.891. The minimum absolute atomic E-state index is 0.0331. The molecule has 96 valence electrons. The molecule has 0 fully saturated rings. The maximum Gasteiger partial charge on any atom is 0.183 e. The molecule has 0 unspecified atom stereocenters. The summed E-state index contributed by atoms with van der Waals surface area (Å²) in [6, 6.07) is 6.41. The topological polar surface area (TPSA) is 48.4 Å². The first-order valence-corrected chi connectivity index (χ1v) is 5.84. The van der Waals surface area contributed by atoms with Crippen molar-refractivity contribution in [3.05, 3.63) is 52.2 Å². The smallest absolute Gasteiger partial charge is 0.183 e. The average molecular weight is 270 g/mol. The Morgan fingerprint density at radius 1 is 1.44 bits per heavy atom. The zero-order chi connectivity index (χ0) is 13.1. The highest BCUT2D eigenvalue weighted by Crippen LogP contribution is 2.25. The van der Waals surface area contributed by atoms with E-state index in [4.69, 9.17) is 26.5 Å². The van der Waals surface area contributed by atoms with Crippen molar-refractivity contribution in [3.8, 4) is 5.75 Å². The zero-order valence-electron chi connectivity index (χ0n) is 9.87. The molecule has 1 aromatic carbocycles. The Morgan fingerprint density at radius 3 is 2.89 bits per heavy atom. The fraction of sp³-hybridized carbons (Fsp3) is 0.231. The van der Waals surface area contributed by atoms with E-state index in [0.717, 1.165) is 11.3 Å². The van der Waals surface area contributed by atoms with Crippen LogP contribution < -0.4 is 10.5 Å². The molecule has 2 rings (SSSR count). The molecule has 5 heteroatoms. The van der Waals surface area contributed by atoms with Gasteiger partial charge in [0.1, 0.15) is 18.1 Å². The van der Waals surface area contributed by atoms with Crippen LogP contribution in [0.25, 0.3) is 0 Å². The monoisotopic (exact) mass is 269 g/mol. The highest BCUT2D eigenvalue weighted by Gasteiger charge is 2.10. The fourth-order valence-corrected chi connectivity index (χ4v) is 1.77. The zero-order valence-corrected chi connectivity index (χ0v) is 10.6. The highest BCUT2D eigenvalue weighted by molar-refractivity contribution is 6.30. The molecule has 0 aliphatic rings. The minimum atomic E-state index is -0.568. The standard InChI is InChI=1S/C13H13ClFNO2/c1-8-9(6-16)5-10(18-8)7-17-12-4-2-3-11(14)13(12)15/h2-5H,6-7,16H2,1H3. The van der Waals surface area contributed by atoms with Crippen molar-refractivity contribution in [1.82, 2.24) is 0 Å². The van der Waals surface area contributed by atoms with Crippen LogP contribution in [-0.4, -0.2) is 0 Å². The van der Waals surface area contributed by atoms with Crippen molar-refractivity contribution >= 4 is 11.6 Å². The van der Waals surface area contributed by atoms with Crippen molar-refractivity contribution in [2.75, 3.05) is 0 Å². The van der Waals surface area contributed by atoms with E-state index in [-0.39, 0.29) is 17.4 Å². The number of hydrogen-bond acceptors (Lipinski definition) is 3. The van der Waals surface area contributed by atoms with Gasteiger partial charge in [-0.15, -0.1) is 0 Å². The Morgan fingerprint density at radius 2 is 2.22 bits per heavy atom. The lowest BCUT2D eigenvalue weighted by Gasteiger charge is -2.05. The van der Waals surface area contributed by atoms with E-state index in [2.05, 4.69) is 0 Å². The third kappa shape index (κ3) is 2.66. The molecule has 0 saturated heterocycles. The van der Waals surface area contributed by atoms with Gasteiger partial charge in [-0.25, -0.2) is 4.39 Å². The molecule has 0 bridgehead atoms. The summed E-state index contributed by atoms with van der Waals surface area (Å²) in [6.07, 6.45) is 0. The van der Waals surface area contributed by atoms with E-state index in [1.54, 1.807) is 12.1 Å². The molecule has 2 aromatic rings. The van der Waals surface area contributed by atoms with Crippen LogP contribution in [0, 0.1) is 12.7 Å². The summed E-state index contributed by atoms with van der Waals surface area (Å²) in [6.45, 7) is 2.37. The van der Waals surface area contributed by atoms with Crippen molar-refractivity contribution in [2.45, 2.75) is 20.1 Å². The first-order valence-electron chi connectivity index (χ1n) is 5.47. The molecule has 1 heterocycles. The van der Waals surface area contributed by atoms with Gasteiger partial charge < -0.3 is 14.9 Å². The minimum Gasteiger partial charge on any atom is -0.483 e. The number of ether oxygens (including phenoxy) is 1. The fourth-order valence-electron chi connectivity index (χ4n) is 1.61. The van der Waals surface area contributed by atoms with Crippen LogP contribution in [0.5, 0.6) is 5.75 Å². The molecule has 1 aromatic heterocycles. The summed E-state index contributed by atoms with van der Waals surface area (Å²) in [4.78, 5) is 0. The molecule has 0 radical (unpaired) electrons.